The van der Waals surface area contributed by atoms with E-state index >= 15 is 0 Å². The molecular weight excluding hydrogens is 363 g/mol. The molecule has 0 bridgehead atoms. The Morgan fingerprint density at radius 1 is 1.21 bits per heavy atom. The summed E-state index contributed by atoms with van der Waals surface area (Å²) in [4.78, 5) is 4.03. The van der Waals surface area contributed by atoms with E-state index in [2.05, 4.69) is 18.2 Å². The third-order valence-corrected chi connectivity index (χ3v) is 3.43. The zero-order chi connectivity index (χ0) is 21.7. The summed E-state index contributed by atoms with van der Waals surface area (Å²) in [7, 11) is 1.68. The van der Waals surface area contributed by atoms with Crippen molar-refractivity contribution in [3.8, 4) is 5.75 Å². The van der Waals surface area contributed by atoms with Crippen LogP contribution in [-0.2, 0) is 0 Å². The molecule has 1 aromatic rings. The monoisotopic (exact) mass is 391 g/mol. The van der Waals surface area contributed by atoms with Crippen LogP contribution in [0.3, 0.4) is 0 Å². The van der Waals surface area contributed by atoms with Gasteiger partial charge in [0.05, 0.1) is 12.8 Å². The van der Waals surface area contributed by atoms with Gasteiger partial charge in [-0.25, -0.2) is 0 Å². The zero-order valence-corrected chi connectivity index (χ0v) is 17.1. The van der Waals surface area contributed by atoms with Gasteiger partial charge in [0.25, 0.3) is 0 Å². The first-order valence-electron chi connectivity index (χ1n) is 8.61. The van der Waals surface area contributed by atoms with Gasteiger partial charge in [0.1, 0.15) is 5.75 Å². The van der Waals surface area contributed by atoms with E-state index in [-0.39, 0.29) is 5.71 Å². The summed E-state index contributed by atoms with van der Waals surface area (Å²) in [5, 5.41) is 0. The Bertz CT molecular complexity index is 781. The maximum absolute atomic E-state index is 12.4. The van der Waals surface area contributed by atoms with Gasteiger partial charge in [-0.3, -0.25) is 4.99 Å². The van der Waals surface area contributed by atoms with E-state index in [1.165, 1.54) is 12.5 Å². The second kappa shape index (κ2) is 12.5. The fourth-order valence-corrected chi connectivity index (χ4v) is 1.93. The molecule has 0 fully saturated rings. The van der Waals surface area contributed by atoms with Crippen LogP contribution in [0.15, 0.2) is 89.6 Å². The fraction of sp³-hybridized carbons (Fsp3) is 0.261. The van der Waals surface area contributed by atoms with Crippen molar-refractivity contribution in [2.45, 2.75) is 33.9 Å². The molecule has 1 aromatic carbocycles. The Balaban J connectivity index is 0.000000668. The predicted molar refractivity (Wildman–Crippen MR) is 113 cm³/mol. The Morgan fingerprint density at radius 3 is 2.29 bits per heavy atom. The molecule has 2 nitrogen and oxygen atoms in total. The van der Waals surface area contributed by atoms with E-state index in [1.54, 1.807) is 25.3 Å². The molecule has 0 atom stereocenters. The first-order chi connectivity index (χ1) is 13.0. The smallest absolute Gasteiger partial charge is 0.412 e. The molecule has 0 aliphatic carbocycles. The predicted octanol–water partition coefficient (Wildman–Crippen LogP) is 7.16. The van der Waals surface area contributed by atoms with Crippen molar-refractivity contribution in [1.82, 2.24) is 0 Å². The summed E-state index contributed by atoms with van der Waals surface area (Å²) in [5.41, 5.74) is 1.81. The van der Waals surface area contributed by atoms with Crippen molar-refractivity contribution in [2.75, 3.05) is 7.11 Å². The van der Waals surface area contributed by atoms with E-state index in [0.717, 1.165) is 18.7 Å². The number of allylic oxidation sites excluding steroid dienone is 6. The number of alkyl halides is 3. The molecule has 0 saturated carbocycles. The van der Waals surface area contributed by atoms with Gasteiger partial charge >= 0.3 is 6.18 Å². The average Bonchev–Trinajstić information content (AvgIpc) is 2.61. The van der Waals surface area contributed by atoms with E-state index in [1.807, 2.05) is 44.2 Å². The standard InChI is InChI=1S/C15H18F3N.C8H10O/c1-6-8-9-14(7-2)13(5)19-12(4)10-11(3)15(16,17)18;1-7-4-3-5-8(6-7)9-2/h6-10H,2,5H2,1,3-4H3;3-6H,1-2H3/b8-6-,11-10+,14-9+,19-12?;. The lowest BCUT2D eigenvalue weighted by Gasteiger charge is -2.06. The highest BCUT2D eigenvalue weighted by atomic mass is 19.4. The van der Waals surface area contributed by atoms with Crippen LogP contribution in [-0.4, -0.2) is 19.0 Å². The minimum absolute atomic E-state index is 0.244. The molecule has 0 N–H and O–H groups in total. The van der Waals surface area contributed by atoms with Gasteiger partial charge < -0.3 is 4.74 Å². The molecule has 0 unspecified atom stereocenters. The summed E-state index contributed by atoms with van der Waals surface area (Å²) >= 11 is 0. The van der Waals surface area contributed by atoms with E-state index in [9.17, 15) is 13.2 Å². The van der Waals surface area contributed by atoms with Crippen molar-refractivity contribution >= 4 is 5.71 Å². The van der Waals surface area contributed by atoms with Gasteiger partial charge in [0.2, 0.25) is 0 Å². The molecule has 0 aliphatic rings. The lowest BCUT2D eigenvalue weighted by atomic mass is 10.1. The number of methoxy groups -OCH3 is 1. The van der Waals surface area contributed by atoms with Crippen LogP contribution in [0.2, 0.25) is 0 Å². The highest BCUT2D eigenvalue weighted by Gasteiger charge is 2.29. The topological polar surface area (TPSA) is 21.6 Å². The average molecular weight is 391 g/mol. The summed E-state index contributed by atoms with van der Waals surface area (Å²) < 4.78 is 42.1. The van der Waals surface area contributed by atoms with Crippen molar-refractivity contribution in [3.05, 3.63) is 90.2 Å². The van der Waals surface area contributed by atoms with Crippen LogP contribution in [0.5, 0.6) is 5.75 Å². The van der Waals surface area contributed by atoms with Gasteiger partial charge in [-0.15, -0.1) is 0 Å². The van der Waals surface area contributed by atoms with Crippen molar-refractivity contribution in [1.29, 1.82) is 0 Å². The van der Waals surface area contributed by atoms with E-state index in [0.29, 0.717) is 11.3 Å². The number of halogens is 3. The Morgan fingerprint density at radius 2 is 1.86 bits per heavy atom. The minimum atomic E-state index is -4.33. The number of aryl methyl sites for hydroxylation is 1. The first-order valence-corrected chi connectivity index (χ1v) is 8.61. The molecule has 152 valence electrons. The van der Waals surface area contributed by atoms with Crippen LogP contribution in [0, 0.1) is 6.92 Å². The summed E-state index contributed by atoms with van der Waals surface area (Å²) in [6.45, 7) is 13.7. The number of ether oxygens (including phenoxy) is 1. The second-order valence-corrected chi connectivity index (χ2v) is 5.90. The van der Waals surface area contributed by atoms with Crippen LogP contribution in [0.4, 0.5) is 13.2 Å². The summed E-state index contributed by atoms with van der Waals surface area (Å²) in [6.07, 6.45) is 3.55. The largest absolute Gasteiger partial charge is 0.497 e. The highest BCUT2D eigenvalue weighted by molar-refractivity contribution is 5.94. The zero-order valence-electron chi connectivity index (χ0n) is 17.1. The molecule has 1 rings (SSSR count). The normalized spacial score (nSPS) is 13.1. The molecule has 0 aliphatic heterocycles. The molecule has 0 saturated heterocycles. The van der Waals surface area contributed by atoms with E-state index in [4.69, 9.17) is 4.74 Å². The molecule has 0 aromatic heterocycles. The molecule has 0 heterocycles. The lowest BCUT2D eigenvalue weighted by molar-refractivity contribution is -0.0912. The maximum Gasteiger partial charge on any atom is 0.412 e. The molecule has 5 heteroatoms. The molecule has 28 heavy (non-hydrogen) atoms. The number of hydrogen-bond acceptors (Lipinski definition) is 2. The molecule has 0 radical (unpaired) electrons. The minimum Gasteiger partial charge on any atom is -0.497 e. The summed E-state index contributed by atoms with van der Waals surface area (Å²) in [6, 6.07) is 7.96. The number of rotatable bonds is 6. The van der Waals surface area contributed by atoms with Crippen LogP contribution in [0.25, 0.3) is 0 Å². The van der Waals surface area contributed by atoms with Crippen LogP contribution < -0.4 is 4.74 Å². The van der Waals surface area contributed by atoms with Gasteiger partial charge in [0, 0.05) is 11.3 Å². The third kappa shape index (κ3) is 10.4. The van der Waals surface area contributed by atoms with Crippen LogP contribution in [0.1, 0.15) is 26.3 Å². The first kappa shape index (κ1) is 25.2. The van der Waals surface area contributed by atoms with Gasteiger partial charge in [-0.05, 0) is 57.0 Å². The Kier molecular flexibility index (Phi) is 11.3. The van der Waals surface area contributed by atoms with Gasteiger partial charge in [0.15, 0.2) is 0 Å². The number of aliphatic imine (C=N–C) groups is 1. The van der Waals surface area contributed by atoms with Crippen molar-refractivity contribution < 1.29 is 17.9 Å². The maximum atomic E-state index is 12.4. The Hall–Kier alpha value is -2.82. The number of hydrogen-bond donors (Lipinski definition) is 0. The third-order valence-electron chi connectivity index (χ3n) is 3.43. The fourth-order valence-electron chi connectivity index (χ4n) is 1.93. The van der Waals surface area contributed by atoms with Crippen molar-refractivity contribution in [3.63, 3.8) is 0 Å². The summed E-state index contributed by atoms with van der Waals surface area (Å²) in [5.74, 6) is 0.926. The second-order valence-electron chi connectivity index (χ2n) is 5.90. The number of benzene rings is 1. The van der Waals surface area contributed by atoms with Gasteiger partial charge in [-0.1, -0.05) is 49.6 Å². The van der Waals surface area contributed by atoms with Crippen molar-refractivity contribution in [2.24, 2.45) is 4.99 Å². The van der Waals surface area contributed by atoms with Crippen LogP contribution >= 0.6 is 0 Å². The highest BCUT2D eigenvalue weighted by Crippen LogP contribution is 2.25. The SMILES string of the molecule is C=C/C(=C\C=C/C)C(=C)N=C(C)/C=C(\C)C(F)(F)F.COc1cccc(C)c1. The quantitative estimate of drug-likeness (QED) is 0.372. The molecular formula is C23H28F3NO. The Labute approximate surface area is 166 Å². The van der Waals surface area contributed by atoms with E-state index < -0.39 is 11.7 Å². The molecule has 0 amide bonds. The van der Waals surface area contributed by atoms with Gasteiger partial charge in [-0.2, -0.15) is 13.2 Å². The molecule has 0 spiro atoms. The number of nitrogens with zero attached hydrogens (tertiary/aromatic N) is 1. The lowest BCUT2D eigenvalue weighted by Crippen LogP contribution is -2.10.